The lowest BCUT2D eigenvalue weighted by atomic mass is 10.0. The van der Waals surface area contributed by atoms with Crippen molar-refractivity contribution >= 4 is 43.6 Å². The zero-order valence-electron chi connectivity index (χ0n) is 46.1. The largest absolute Gasteiger partial charge is 0.488 e. The van der Waals surface area contributed by atoms with Gasteiger partial charge in [-0.05, 0) is 31.0 Å². The second kappa shape index (κ2) is 41.2. The Hall–Kier alpha value is -3.97. The number of hydrogen-bond donors (Lipinski definition) is 1. The fourth-order valence-corrected chi connectivity index (χ4v) is 10.0. The normalized spacial score (nSPS) is 12.5. The molecule has 418 valence electrons. The topological polar surface area (TPSA) is 144 Å². The zero-order chi connectivity index (χ0) is 53.3. The monoisotopic (exact) mass is 1050 g/mol. The number of carbonyl (C=O) groups excluding carboxylic acids is 2. The summed E-state index contributed by atoms with van der Waals surface area (Å²) in [7, 11) is -4.62. The molecule has 74 heavy (non-hydrogen) atoms. The molecule has 3 rings (SSSR count). The van der Waals surface area contributed by atoms with E-state index < -0.39 is 34.3 Å². The van der Waals surface area contributed by atoms with Crippen molar-refractivity contribution in [3.63, 3.8) is 0 Å². The molecule has 0 spiro atoms. The molecular weight excluding hydrogens is 953 g/mol. The van der Waals surface area contributed by atoms with E-state index in [1.165, 1.54) is 179 Å². The summed E-state index contributed by atoms with van der Waals surface area (Å²) in [5.74, 6) is -0.555. The lowest BCUT2D eigenvalue weighted by Gasteiger charge is -2.23. The maximum absolute atomic E-state index is 12.5. The molecule has 0 fully saturated rings. The quantitative estimate of drug-likeness (QED) is 0.0190. The lowest BCUT2D eigenvalue weighted by Crippen LogP contribution is -2.30. The molecule has 0 bridgehead atoms. The van der Waals surface area contributed by atoms with Gasteiger partial charge in [0.05, 0.1) is 18.1 Å². The molecule has 0 aromatic heterocycles. The molecule has 3 aromatic carbocycles. The first-order chi connectivity index (χ1) is 36.1. The average Bonchev–Trinajstić information content (AvgIpc) is 3.40. The summed E-state index contributed by atoms with van der Waals surface area (Å²) in [6.07, 6.45) is 41.6. The van der Waals surface area contributed by atoms with Crippen molar-refractivity contribution in [3.8, 4) is 11.5 Å². The summed E-state index contributed by atoms with van der Waals surface area (Å²) in [5.41, 5.74) is 0. The molecule has 3 aromatic rings. The molecule has 0 aliphatic carbocycles. The van der Waals surface area contributed by atoms with E-state index in [0.29, 0.717) is 46.3 Å². The smallest absolute Gasteiger partial charge is 0.330 e. The number of rotatable bonds is 49. The summed E-state index contributed by atoms with van der Waals surface area (Å²) in [6.45, 7) is 12.7. The summed E-state index contributed by atoms with van der Waals surface area (Å²) >= 11 is 0. The van der Waals surface area contributed by atoms with Crippen molar-refractivity contribution in [1.82, 2.24) is 0 Å². The van der Waals surface area contributed by atoms with Crippen molar-refractivity contribution in [1.29, 1.82) is 0 Å². The van der Waals surface area contributed by atoms with Gasteiger partial charge in [0.2, 0.25) is 0 Å². The van der Waals surface area contributed by atoms with Crippen LogP contribution in [0.15, 0.2) is 72.7 Å². The Morgan fingerprint density at radius 3 is 1.09 bits per heavy atom. The summed E-state index contributed by atoms with van der Waals surface area (Å²) in [5, 5.41) is 2.02. The molecule has 1 N–H and O–H groups in total. The highest BCUT2D eigenvalue weighted by atomic mass is 32.2. The number of fused-ring (bicyclic) bond motifs is 2. The molecule has 2 atom stereocenters. The van der Waals surface area contributed by atoms with E-state index in [9.17, 15) is 22.6 Å². The third kappa shape index (κ3) is 28.2. The van der Waals surface area contributed by atoms with Crippen molar-refractivity contribution in [2.45, 2.75) is 236 Å². The minimum atomic E-state index is -4.62. The van der Waals surface area contributed by atoms with Crippen LogP contribution in [-0.4, -0.2) is 76.8 Å². The molecule has 0 amide bonds. The van der Waals surface area contributed by atoms with Gasteiger partial charge in [0, 0.05) is 46.9 Å². The molecule has 0 saturated carbocycles. The summed E-state index contributed by atoms with van der Waals surface area (Å²) in [4.78, 5) is 24.6. The highest BCUT2D eigenvalue weighted by Crippen LogP contribution is 2.44. The Labute approximate surface area is 448 Å². The van der Waals surface area contributed by atoms with Gasteiger partial charge >= 0.3 is 11.9 Å². The molecule has 0 radical (unpaired) electrons. The molecular formula is C62H98O11S. The van der Waals surface area contributed by atoms with Gasteiger partial charge in [-0.25, -0.2) is 9.59 Å². The molecule has 0 heterocycles. The predicted octanol–water partition coefficient (Wildman–Crippen LogP) is 16.7. The maximum Gasteiger partial charge on any atom is 0.330 e. The number of unbranched alkanes of at least 4 members (excludes halogenated alkanes) is 30. The van der Waals surface area contributed by atoms with E-state index in [2.05, 4.69) is 27.0 Å². The van der Waals surface area contributed by atoms with Gasteiger partial charge in [-0.15, -0.1) is 0 Å². The fraction of sp³-hybridized carbons (Fsp3) is 0.677. The van der Waals surface area contributed by atoms with Crippen LogP contribution in [-0.2, 0) is 38.7 Å². The van der Waals surface area contributed by atoms with Crippen LogP contribution >= 0.6 is 0 Å². The van der Waals surface area contributed by atoms with Crippen molar-refractivity contribution in [2.75, 3.05) is 39.6 Å². The van der Waals surface area contributed by atoms with E-state index in [4.69, 9.17) is 28.4 Å². The number of hydrogen-bond acceptors (Lipinski definition) is 10. The highest BCUT2D eigenvalue weighted by Gasteiger charge is 2.23. The minimum Gasteiger partial charge on any atom is -0.488 e. The zero-order valence-corrected chi connectivity index (χ0v) is 46.9. The first-order valence-electron chi connectivity index (χ1n) is 29.2. The van der Waals surface area contributed by atoms with Crippen LogP contribution in [0.5, 0.6) is 11.5 Å². The molecule has 2 unspecified atom stereocenters. The van der Waals surface area contributed by atoms with E-state index in [1.54, 1.807) is 6.07 Å². The van der Waals surface area contributed by atoms with Gasteiger partial charge in [-0.3, -0.25) is 4.55 Å². The Balaban J connectivity index is 1.54. The second-order valence-corrected chi connectivity index (χ2v) is 21.7. The summed E-state index contributed by atoms with van der Waals surface area (Å²) < 4.78 is 71.4. The van der Waals surface area contributed by atoms with Crippen LogP contribution in [0.2, 0.25) is 0 Å². The van der Waals surface area contributed by atoms with E-state index in [1.807, 2.05) is 24.3 Å². The first kappa shape index (κ1) is 64.3. The third-order valence-electron chi connectivity index (χ3n) is 13.8. The number of ether oxygens (including phenoxy) is 6. The standard InChI is InChI=1S/C62H98O11S/c1-5-9-11-13-15-17-19-21-23-25-27-29-31-33-35-39-45-68-48-52(72-59(63)7-3)50-70-61-55-41-37-38-42-56(55)62(58-47-54(74(65,66)67)43-44-57(58)61)71-51-53(73-60(64)8-4)49-69-46-40-36-34-32-30-28-26-24-22-20-18-16-14-12-10-6-2/h7-8,37-38,41-44,47,52-53H,3-6,9-36,39-40,45-46,48-51H2,1-2H3,(H,65,66,67). The van der Waals surface area contributed by atoms with Gasteiger partial charge in [0.25, 0.3) is 10.1 Å². The number of benzene rings is 3. The Morgan fingerprint density at radius 2 is 0.770 bits per heavy atom. The van der Waals surface area contributed by atoms with Crippen LogP contribution in [0.3, 0.4) is 0 Å². The Morgan fingerprint density at radius 1 is 0.459 bits per heavy atom. The first-order valence-corrected chi connectivity index (χ1v) is 30.6. The van der Waals surface area contributed by atoms with Crippen LogP contribution in [0.25, 0.3) is 21.5 Å². The molecule has 0 aliphatic rings. The van der Waals surface area contributed by atoms with Gasteiger partial charge in [-0.2, -0.15) is 8.42 Å². The average molecular weight is 1050 g/mol. The van der Waals surface area contributed by atoms with Gasteiger partial charge in [0.1, 0.15) is 24.7 Å². The molecule has 0 aliphatic heterocycles. The van der Waals surface area contributed by atoms with Crippen LogP contribution in [0.1, 0.15) is 219 Å². The Kier molecular flexibility index (Phi) is 35.8. The van der Waals surface area contributed by atoms with Crippen molar-refractivity contribution in [2.24, 2.45) is 0 Å². The fourth-order valence-electron chi connectivity index (χ4n) is 9.49. The van der Waals surface area contributed by atoms with Crippen LogP contribution < -0.4 is 9.47 Å². The highest BCUT2D eigenvalue weighted by molar-refractivity contribution is 7.85. The molecule has 0 saturated heterocycles. The number of esters is 2. The van der Waals surface area contributed by atoms with Crippen LogP contribution in [0, 0.1) is 0 Å². The van der Waals surface area contributed by atoms with Gasteiger partial charge in [-0.1, -0.05) is 244 Å². The predicted molar refractivity (Wildman–Crippen MR) is 303 cm³/mol. The third-order valence-corrected chi connectivity index (χ3v) is 14.7. The van der Waals surface area contributed by atoms with Gasteiger partial charge < -0.3 is 28.4 Å². The lowest BCUT2D eigenvalue weighted by molar-refractivity contribution is -0.148. The van der Waals surface area contributed by atoms with E-state index in [0.717, 1.165) is 50.7 Å². The SMILES string of the molecule is C=CC(=O)OC(COCCCCCCCCCCCCCCCCCC)COc1c2ccccc2c(OCC(COCCCCCCCCCCCCCCCCCC)OC(=O)C=C)c2cc(S(=O)(=O)O)ccc12. The van der Waals surface area contributed by atoms with Gasteiger partial charge in [0.15, 0.2) is 12.2 Å². The minimum absolute atomic E-state index is 0.0752. The Bertz CT molecular complexity index is 2080. The molecule has 12 heteroatoms. The van der Waals surface area contributed by atoms with Crippen molar-refractivity contribution in [3.05, 3.63) is 67.8 Å². The second-order valence-electron chi connectivity index (χ2n) is 20.3. The number of carbonyl (C=O) groups is 2. The van der Waals surface area contributed by atoms with E-state index in [-0.39, 0.29) is 31.3 Å². The van der Waals surface area contributed by atoms with Crippen LogP contribution in [0.4, 0.5) is 0 Å². The maximum atomic E-state index is 12.5. The summed E-state index contributed by atoms with van der Waals surface area (Å²) in [6, 6.07) is 11.5. The van der Waals surface area contributed by atoms with E-state index >= 15 is 0 Å². The van der Waals surface area contributed by atoms with Crippen molar-refractivity contribution < 1.29 is 51.0 Å². The molecule has 11 nitrogen and oxygen atoms in total.